The van der Waals surface area contributed by atoms with Gasteiger partial charge in [-0.3, -0.25) is 9.59 Å². The molecule has 2 aliphatic rings. The molecule has 2 aromatic carbocycles. The second kappa shape index (κ2) is 9.91. The first kappa shape index (κ1) is 21.9. The summed E-state index contributed by atoms with van der Waals surface area (Å²) in [5, 5.41) is 8.29. The fourth-order valence-electron chi connectivity index (χ4n) is 4.37. The molecular formula is C26H27N5O3. The molecule has 1 fully saturated rings. The number of aromatic nitrogens is 3. The second-order valence-electron chi connectivity index (χ2n) is 8.57. The minimum atomic E-state index is -0.711. The van der Waals surface area contributed by atoms with Crippen LogP contribution in [0.4, 0.5) is 5.69 Å². The number of carbonyl (C=O) groups is 2. The smallest absolute Gasteiger partial charge is 0.265 e. The van der Waals surface area contributed by atoms with Crippen molar-refractivity contribution in [3.05, 3.63) is 78.1 Å². The summed E-state index contributed by atoms with van der Waals surface area (Å²) >= 11 is 0. The maximum atomic E-state index is 13.2. The molecule has 1 saturated heterocycles. The molecule has 8 nitrogen and oxygen atoms in total. The molecule has 8 heteroatoms. The summed E-state index contributed by atoms with van der Waals surface area (Å²) in [6.45, 7) is 2.27. The van der Waals surface area contributed by atoms with Gasteiger partial charge in [0.1, 0.15) is 11.4 Å². The standard InChI is InChI=1S/C26H27N5O3/c32-25(14-13-21-18-30(28-27-21)17-20-9-3-1-4-10-20)31-19-24(26(33)29-15-7-2-8-16-29)34-23-12-6-5-11-22(23)31/h1,3-6,9-14,18,24H,2,7-8,15-17,19H2. The summed E-state index contributed by atoms with van der Waals surface area (Å²) in [4.78, 5) is 29.7. The molecule has 5 rings (SSSR count). The van der Waals surface area contributed by atoms with Crippen molar-refractivity contribution in [2.75, 3.05) is 24.5 Å². The topological polar surface area (TPSA) is 80.6 Å². The van der Waals surface area contributed by atoms with Crippen LogP contribution in [0.15, 0.2) is 66.9 Å². The molecule has 0 radical (unpaired) electrons. The predicted molar refractivity (Wildman–Crippen MR) is 128 cm³/mol. The number of amides is 2. The van der Waals surface area contributed by atoms with Crippen LogP contribution < -0.4 is 9.64 Å². The first-order chi connectivity index (χ1) is 16.7. The number of para-hydroxylation sites is 2. The van der Waals surface area contributed by atoms with Gasteiger partial charge in [0.2, 0.25) is 0 Å². The number of fused-ring (bicyclic) bond motifs is 1. The third-order valence-electron chi connectivity index (χ3n) is 6.12. The monoisotopic (exact) mass is 457 g/mol. The number of nitrogens with zero attached hydrogens (tertiary/aromatic N) is 5. The van der Waals surface area contributed by atoms with Gasteiger partial charge in [0.25, 0.3) is 11.8 Å². The summed E-state index contributed by atoms with van der Waals surface area (Å²) in [6.07, 6.45) is 7.36. The molecule has 1 unspecified atom stereocenters. The lowest BCUT2D eigenvalue weighted by Crippen LogP contribution is -2.52. The molecule has 0 spiro atoms. The van der Waals surface area contributed by atoms with Gasteiger partial charge in [0.15, 0.2) is 6.10 Å². The zero-order valence-electron chi connectivity index (χ0n) is 18.9. The molecule has 174 valence electrons. The lowest BCUT2D eigenvalue weighted by molar-refractivity contribution is -0.139. The van der Waals surface area contributed by atoms with Crippen molar-refractivity contribution in [1.82, 2.24) is 19.9 Å². The number of ether oxygens (including phenoxy) is 1. The summed E-state index contributed by atoms with van der Waals surface area (Å²) in [6, 6.07) is 17.3. The highest BCUT2D eigenvalue weighted by Gasteiger charge is 2.35. The van der Waals surface area contributed by atoms with Crippen molar-refractivity contribution >= 4 is 23.6 Å². The zero-order valence-corrected chi connectivity index (χ0v) is 18.9. The van der Waals surface area contributed by atoms with E-state index < -0.39 is 6.10 Å². The van der Waals surface area contributed by atoms with Crippen LogP contribution in [0.5, 0.6) is 5.75 Å². The Kier molecular flexibility index (Phi) is 6.38. The fraction of sp³-hybridized carbons (Fsp3) is 0.308. The number of carbonyl (C=O) groups excluding carboxylic acids is 2. The first-order valence-electron chi connectivity index (χ1n) is 11.7. The van der Waals surface area contributed by atoms with Gasteiger partial charge in [-0.05, 0) is 43.0 Å². The van der Waals surface area contributed by atoms with Crippen LogP contribution in [-0.4, -0.2) is 57.4 Å². The van der Waals surface area contributed by atoms with E-state index in [1.165, 1.54) is 6.08 Å². The molecule has 0 saturated carbocycles. The lowest BCUT2D eigenvalue weighted by atomic mass is 10.1. The minimum absolute atomic E-state index is 0.0557. The largest absolute Gasteiger partial charge is 0.476 e. The molecule has 1 aromatic heterocycles. The molecule has 34 heavy (non-hydrogen) atoms. The summed E-state index contributed by atoms with van der Waals surface area (Å²) in [5.74, 6) is 0.254. The van der Waals surface area contributed by atoms with Crippen molar-refractivity contribution in [2.45, 2.75) is 31.9 Å². The Bertz CT molecular complexity index is 1180. The highest BCUT2D eigenvalue weighted by atomic mass is 16.5. The minimum Gasteiger partial charge on any atom is -0.476 e. The quantitative estimate of drug-likeness (QED) is 0.550. The first-order valence-corrected chi connectivity index (χ1v) is 11.7. The van der Waals surface area contributed by atoms with Gasteiger partial charge in [-0.15, -0.1) is 5.10 Å². The SMILES string of the molecule is O=C(C1CN(C(=O)C=Cc2cn(Cc3ccccc3)nn2)c2ccccc2O1)N1CCCCC1. The van der Waals surface area contributed by atoms with Crippen molar-refractivity contribution in [2.24, 2.45) is 0 Å². The number of likely N-dealkylation sites (tertiary alicyclic amines) is 1. The number of rotatable bonds is 5. The summed E-state index contributed by atoms with van der Waals surface area (Å²) in [5.41, 5.74) is 2.37. The molecule has 2 amide bonds. The molecule has 3 aromatic rings. The van der Waals surface area contributed by atoms with E-state index >= 15 is 0 Å². The third kappa shape index (κ3) is 4.85. The Hall–Kier alpha value is -3.94. The normalized spacial score (nSPS) is 17.9. The summed E-state index contributed by atoms with van der Waals surface area (Å²) < 4.78 is 7.75. The van der Waals surface area contributed by atoms with Crippen molar-refractivity contribution in [3.63, 3.8) is 0 Å². The van der Waals surface area contributed by atoms with Crippen LogP contribution in [0.25, 0.3) is 6.08 Å². The number of piperidine rings is 1. The van der Waals surface area contributed by atoms with Crippen LogP contribution in [0.1, 0.15) is 30.5 Å². The maximum Gasteiger partial charge on any atom is 0.265 e. The molecule has 0 bridgehead atoms. The van der Waals surface area contributed by atoms with Gasteiger partial charge >= 0.3 is 0 Å². The third-order valence-corrected chi connectivity index (χ3v) is 6.12. The van der Waals surface area contributed by atoms with E-state index in [0.29, 0.717) is 23.7 Å². The van der Waals surface area contributed by atoms with Gasteiger partial charge < -0.3 is 14.5 Å². The number of hydrogen-bond acceptors (Lipinski definition) is 5. The molecule has 0 aliphatic carbocycles. The van der Waals surface area contributed by atoms with E-state index in [9.17, 15) is 9.59 Å². The Morgan fingerprint density at radius 1 is 1.00 bits per heavy atom. The van der Waals surface area contributed by atoms with Gasteiger partial charge in [-0.1, -0.05) is 47.7 Å². The van der Waals surface area contributed by atoms with E-state index in [2.05, 4.69) is 10.3 Å². The predicted octanol–water partition coefficient (Wildman–Crippen LogP) is 3.15. The van der Waals surface area contributed by atoms with Crippen LogP contribution in [0, 0.1) is 0 Å². The highest BCUT2D eigenvalue weighted by molar-refractivity contribution is 6.05. The summed E-state index contributed by atoms with van der Waals surface area (Å²) in [7, 11) is 0. The average molecular weight is 458 g/mol. The van der Waals surface area contributed by atoms with Gasteiger partial charge in [-0.25, -0.2) is 4.68 Å². The van der Waals surface area contributed by atoms with E-state index in [1.807, 2.05) is 53.4 Å². The van der Waals surface area contributed by atoms with E-state index in [1.54, 1.807) is 27.9 Å². The fourth-order valence-corrected chi connectivity index (χ4v) is 4.37. The van der Waals surface area contributed by atoms with Crippen LogP contribution in [0.3, 0.4) is 0 Å². The van der Waals surface area contributed by atoms with E-state index in [4.69, 9.17) is 4.74 Å². The van der Waals surface area contributed by atoms with Crippen molar-refractivity contribution in [3.8, 4) is 5.75 Å². The Morgan fingerprint density at radius 2 is 1.76 bits per heavy atom. The maximum absolute atomic E-state index is 13.2. The number of hydrogen-bond donors (Lipinski definition) is 0. The number of benzene rings is 2. The molecule has 2 aliphatic heterocycles. The Morgan fingerprint density at radius 3 is 2.59 bits per heavy atom. The average Bonchev–Trinajstić information content (AvgIpc) is 3.34. The van der Waals surface area contributed by atoms with E-state index in [0.717, 1.165) is 37.9 Å². The van der Waals surface area contributed by atoms with Crippen LogP contribution >= 0.6 is 0 Å². The molecule has 3 heterocycles. The second-order valence-corrected chi connectivity index (χ2v) is 8.57. The lowest BCUT2D eigenvalue weighted by Gasteiger charge is -2.37. The Balaban J connectivity index is 1.30. The molecule has 0 N–H and O–H groups in total. The van der Waals surface area contributed by atoms with Gasteiger partial charge in [0.05, 0.1) is 25.0 Å². The van der Waals surface area contributed by atoms with Crippen LogP contribution in [0.2, 0.25) is 0 Å². The Labute approximate surface area is 198 Å². The van der Waals surface area contributed by atoms with Crippen LogP contribution in [-0.2, 0) is 16.1 Å². The van der Waals surface area contributed by atoms with Gasteiger partial charge in [0, 0.05) is 19.2 Å². The van der Waals surface area contributed by atoms with Gasteiger partial charge in [-0.2, -0.15) is 0 Å². The molecular weight excluding hydrogens is 430 g/mol. The molecule has 1 atom stereocenters. The highest BCUT2D eigenvalue weighted by Crippen LogP contribution is 2.34. The van der Waals surface area contributed by atoms with Crippen molar-refractivity contribution < 1.29 is 14.3 Å². The van der Waals surface area contributed by atoms with Crippen molar-refractivity contribution in [1.29, 1.82) is 0 Å². The number of anilines is 1. The zero-order chi connectivity index (χ0) is 23.3. The van der Waals surface area contributed by atoms with E-state index in [-0.39, 0.29) is 18.4 Å².